The Morgan fingerprint density at radius 2 is 1.05 bits per heavy atom. The van der Waals surface area contributed by atoms with Crippen molar-refractivity contribution in [2.24, 2.45) is 0 Å². The van der Waals surface area contributed by atoms with Crippen LogP contribution in [0.15, 0.2) is 85.5 Å². The molecule has 59 heavy (non-hydrogen) atoms. The summed E-state index contributed by atoms with van der Waals surface area (Å²) in [5, 5.41) is 0. The van der Waals surface area contributed by atoms with Gasteiger partial charge in [-0.2, -0.15) is 0 Å². The number of rotatable bonds is 12. The summed E-state index contributed by atoms with van der Waals surface area (Å²) in [6.07, 6.45) is 3.30. The Morgan fingerprint density at radius 3 is 1.47 bits per heavy atom. The third-order valence-electron chi connectivity index (χ3n) is 11.3. The lowest BCUT2D eigenvalue weighted by Crippen LogP contribution is -2.48. The molecular formula is C45H55N9O5. The van der Waals surface area contributed by atoms with Gasteiger partial charge in [0, 0.05) is 95.4 Å². The number of hydrogen-bond donors (Lipinski definition) is 2. The molecule has 8 rings (SSSR count). The number of aromatic amines is 2. The first kappa shape index (κ1) is 41.1. The highest BCUT2D eigenvalue weighted by Crippen LogP contribution is 2.38. The quantitative estimate of drug-likeness (QED) is 0.154. The molecule has 0 aliphatic carbocycles. The van der Waals surface area contributed by atoms with Gasteiger partial charge in [-0.25, -0.2) is 9.97 Å². The number of nitrogens with zero attached hydrogens (tertiary/aromatic N) is 7. The van der Waals surface area contributed by atoms with Gasteiger partial charge in [0.25, 0.3) is 11.8 Å². The predicted octanol–water partition coefficient (Wildman–Crippen LogP) is 5.91. The van der Waals surface area contributed by atoms with Crippen LogP contribution < -0.4 is 19.1 Å². The van der Waals surface area contributed by atoms with Gasteiger partial charge < -0.3 is 38.9 Å². The van der Waals surface area contributed by atoms with Gasteiger partial charge in [0.15, 0.2) is 11.5 Å². The zero-order chi connectivity index (χ0) is 41.3. The number of H-pyrrole nitrogens is 2. The minimum atomic E-state index is 0.0546. The summed E-state index contributed by atoms with van der Waals surface area (Å²) in [6, 6.07) is 24.1. The summed E-state index contributed by atoms with van der Waals surface area (Å²) >= 11 is 0. The average Bonchev–Trinajstić information content (AvgIpc) is 3.97. The normalized spacial score (nSPS) is 14.9. The van der Waals surface area contributed by atoms with Crippen molar-refractivity contribution in [2.75, 3.05) is 91.7 Å². The maximum atomic E-state index is 12.9. The Labute approximate surface area is 345 Å². The smallest absolute Gasteiger partial charge is 0.254 e. The number of fused-ring (bicyclic) bond motifs is 2. The van der Waals surface area contributed by atoms with E-state index in [0.717, 1.165) is 98.6 Å². The number of nitrogens with one attached hydrogen (secondary N) is 2. The van der Waals surface area contributed by atoms with E-state index in [-0.39, 0.29) is 11.8 Å². The molecule has 0 spiro atoms. The van der Waals surface area contributed by atoms with Crippen LogP contribution in [0.4, 0.5) is 5.69 Å². The number of carbonyl (C=O) groups is 2. The van der Waals surface area contributed by atoms with Gasteiger partial charge in [-0.3, -0.25) is 19.4 Å². The number of methoxy groups -OCH3 is 3. The van der Waals surface area contributed by atoms with E-state index in [1.54, 1.807) is 34.0 Å². The summed E-state index contributed by atoms with van der Waals surface area (Å²) in [5.74, 6) is 2.04. The molecule has 0 radical (unpaired) electrons. The summed E-state index contributed by atoms with van der Waals surface area (Å²) in [6.45, 7) is 14.4. The monoisotopic (exact) mass is 801 g/mol. The van der Waals surface area contributed by atoms with Crippen molar-refractivity contribution in [3.05, 3.63) is 108 Å². The summed E-state index contributed by atoms with van der Waals surface area (Å²) in [5.41, 5.74) is 8.62. The van der Waals surface area contributed by atoms with Crippen LogP contribution >= 0.6 is 0 Å². The van der Waals surface area contributed by atoms with Crippen LogP contribution in [0.1, 0.15) is 45.7 Å². The van der Waals surface area contributed by atoms with Crippen LogP contribution in [0.3, 0.4) is 0 Å². The van der Waals surface area contributed by atoms with Crippen LogP contribution in [-0.2, 0) is 13.1 Å². The van der Waals surface area contributed by atoms with Gasteiger partial charge in [0.05, 0.1) is 56.1 Å². The van der Waals surface area contributed by atoms with Gasteiger partial charge in [0.2, 0.25) is 5.75 Å². The molecule has 4 heterocycles. The molecule has 14 heteroatoms. The van der Waals surface area contributed by atoms with Crippen molar-refractivity contribution < 1.29 is 23.8 Å². The third kappa shape index (κ3) is 9.61. The number of benzene rings is 4. The molecule has 310 valence electrons. The second-order valence-electron chi connectivity index (χ2n) is 14.8. The minimum absolute atomic E-state index is 0.0546. The van der Waals surface area contributed by atoms with Gasteiger partial charge in [-0.05, 0) is 85.6 Å². The molecule has 2 saturated heterocycles. The molecule has 14 nitrogen and oxygen atoms in total. The third-order valence-corrected chi connectivity index (χ3v) is 11.3. The van der Waals surface area contributed by atoms with E-state index < -0.39 is 0 Å². The first-order valence-electron chi connectivity index (χ1n) is 20.3. The molecule has 0 atom stereocenters. The van der Waals surface area contributed by atoms with E-state index in [2.05, 4.69) is 72.7 Å². The fourth-order valence-electron chi connectivity index (χ4n) is 7.86. The van der Waals surface area contributed by atoms with E-state index in [1.807, 2.05) is 58.3 Å². The van der Waals surface area contributed by atoms with E-state index in [0.29, 0.717) is 35.9 Å². The largest absolute Gasteiger partial charge is 0.493 e. The zero-order valence-corrected chi connectivity index (χ0v) is 34.7. The standard InChI is InChI=1S/C23H29N5O.C22H26N4O4/c1-3-27(4-2)20-8-5-18(6-9-20)16-26-11-13-28(14-12-26)23(29)19-7-10-21-22(15-19)25-17-24-21;1-28-19-10-15(11-20(29-2)21(19)30-3)13-25-6-8-26(9-7-25)22(27)16-4-5-17-18(12-16)24-14-23-17/h5-10,15,17H,3-4,11-14,16H2,1-2H3,(H,24,25);4-5,10-12,14H,6-9,13H2,1-3H3,(H,23,24). The number of aromatic nitrogens is 4. The number of carbonyl (C=O) groups excluding carboxylic acids is 2. The molecule has 2 aliphatic rings. The lowest BCUT2D eigenvalue weighted by molar-refractivity contribution is 0.0622. The first-order valence-corrected chi connectivity index (χ1v) is 20.3. The minimum Gasteiger partial charge on any atom is -0.493 e. The lowest BCUT2D eigenvalue weighted by atomic mass is 10.1. The van der Waals surface area contributed by atoms with Gasteiger partial charge in [0.1, 0.15) is 0 Å². The van der Waals surface area contributed by atoms with Crippen molar-refractivity contribution in [1.82, 2.24) is 39.5 Å². The van der Waals surface area contributed by atoms with Crippen molar-refractivity contribution in [2.45, 2.75) is 26.9 Å². The first-order chi connectivity index (χ1) is 28.8. The topological polar surface area (TPSA) is 135 Å². The molecule has 2 aromatic heterocycles. The highest BCUT2D eigenvalue weighted by atomic mass is 16.5. The van der Waals surface area contributed by atoms with Gasteiger partial charge >= 0.3 is 0 Å². The molecule has 2 fully saturated rings. The maximum absolute atomic E-state index is 12.9. The predicted molar refractivity (Wildman–Crippen MR) is 231 cm³/mol. The number of hydrogen-bond acceptors (Lipinski definition) is 10. The van der Waals surface area contributed by atoms with E-state index >= 15 is 0 Å². The summed E-state index contributed by atoms with van der Waals surface area (Å²) in [4.78, 5) is 51.3. The van der Waals surface area contributed by atoms with Crippen molar-refractivity contribution in [3.8, 4) is 17.2 Å². The van der Waals surface area contributed by atoms with Gasteiger partial charge in [-0.15, -0.1) is 0 Å². The number of imidazole rings is 2. The Kier molecular flexibility index (Phi) is 13.3. The molecule has 2 aliphatic heterocycles. The second kappa shape index (κ2) is 19.1. The molecule has 0 bridgehead atoms. The average molecular weight is 802 g/mol. The fraction of sp³-hybridized carbons (Fsp3) is 0.378. The van der Waals surface area contributed by atoms with Crippen molar-refractivity contribution in [3.63, 3.8) is 0 Å². The molecule has 0 unspecified atom stereocenters. The Hall–Kier alpha value is -6.12. The van der Waals surface area contributed by atoms with Crippen LogP contribution in [0.5, 0.6) is 17.2 Å². The molecule has 0 saturated carbocycles. The van der Waals surface area contributed by atoms with Gasteiger partial charge in [-0.1, -0.05) is 12.1 Å². The van der Waals surface area contributed by atoms with Crippen LogP contribution in [0.2, 0.25) is 0 Å². The zero-order valence-electron chi connectivity index (χ0n) is 34.7. The lowest BCUT2D eigenvalue weighted by Gasteiger charge is -2.35. The van der Waals surface area contributed by atoms with Crippen LogP contribution in [0.25, 0.3) is 22.1 Å². The molecule has 6 aromatic rings. The Bertz CT molecular complexity index is 2300. The summed E-state index contributed by atoms with van der Waals surface area (Å²) < 4.78 is 16.3. The fourth-order valence-corrected chi connectivity index (χ4v) is 7.86. The Morgan fingerprint density at radius 1 is 0.593 bits per heavy atom. The number of anilines is 1. The van der Waals surface area contributed by atoms with E-state index in [9.17, 15) is 9.59 Å². The van der Waals surface area contributed by atoms with Crippen molar-refractivity contribution >= 4 is 39.6 Å². The van der Waals surface area contributed by atoms with Crippen LogP contribution in [-0.4, -0.2) is 138 Å². The van der Waals surface area contributed by atoms with Crippen LogP contribution in [0, 0.1) is 0 Å². The molecule has 2 amide bonds. The highest BCUT2D eigenvalue weighted by molar-refractivity contribution is 5.98. The number of amides is 2. The SMILES string of the molecule is CCN(CC)c1ccc(CN2CCN(C(=O)c3ccc4nc[nH]c4c3)CC2)cc1.COc1cc(CN2CCN(C(=O)c3ccc4nc[nH]c4c3)CC2)cc(OC)c1OC. The van der Waals surface area contributed by atoms with Crippen molar-refractivity contribution in [1.29, 1.82) is 0 Å². The number of ether oxygens (including phenoxy) is 3. The maximum Gasteiger partial charge on any atom is 0.254 e. The molecular weight excluding hydrogens is 747 g/mol. The highest BCUT2D eigenvalue weighted by Gasteiger charge is 2.25. The van der Waals surface area contributed by atoms with E-state index in [4.69, 9.17) is 14.2 Å². The molecule has 2 N–H and O–H groups in total. The van der Waals surface area contributed by atoms with E-state index in [1.165, 1.54) is 11.3 Å². The summed E-state index contributed by atoms with van der Waals surface area (Å²) in [7, 11) is 4.83. The number of piperazine rings is 2. The molecule has 4 aromatic carbocycles. The second-order valence-corrected chi connectivity index (χ2v) is 14.8. The Balaban J connectivity index is 0.000000179.